The van der Waals surface area contributed by atoms with Crippen LogP contribution in [0.4, 0.5) is 13.2 Å². The predicted octanol–water partition coefficient (Wildman–Crippen LogP) is 4.82. The van der Waals surface area contributed by atoms with Crippen LogP contribution in [0.15, 0.2) is 36.4 Å². The van der Waals surface area contributed by atoms with Gasteiger partial charge in [-0.15, -0.1) is 0 Å². The third-order valence-electron chi connectivity index (χ3n) is 5.07. The zero-order valence-corrected chi connectivity index (χ0v) is 19.2. The van der Waals surface area contributed by atoms with E-state index in [0.717, 1.165) is 7.11 Å². The van der Waals surface area contributed by atoms with Gasteiger partial charge in [-0.25, -0.2) is 0 Å². The molecule has 0 aliphatic heterocycles. The van der Waals surface area contributed by atoms with Crippen molar-refractivity contribution in [2.45, 2.75) is 19.3 Å². The van der Waals surface area contributed by atoms with E-state index < -0.39 is 29.9 Å². The molecule has 0 aliphatic carbocycles. The van der Waals surface area contributed by atoms with Crippen LogP contribution < -0.4 is 4.74 Å². The number of fused-ring (bicyclic) bond motifs is 1. The molecule has 0 amide bonds. The average Bonchev–Trinajstić information content (AvgIpc) is 3.04. The highest BCUT2D eigenvalue weighted by atomic mass is 35.5. The molecule has 3 aromatic rings. The van der Waals surface area contributed by atoms with Gasteiger partial charge in [0.1, 0.15) is 11.3 Å². The van der Waals surface area contributed by atoms with E-state index >= 15 is 0 Å². The van der Waals surface area contributed by atoms with E-state index in [0.29, 0.717) is 10.2 Å². The van der Waals surface area contributed by atoms with Crippen molar-refractivity contribution in [1.29, 1.82) is 0 Å². The van der Waals surface area contributed by atoms with E-state index in [2.05, 4.69) is 0 Å². The molecule has 1 N–H and O–H groups in total. The molecular formula is C22H23ClF3N3O4. The lowest BCUT2D eigenvalue weighted by Gasteiger charge is -2.18. The molecule has 11 heteroatoms. The summed E-state index contributed by atoms with van der Waals surface area (Å²) >= 11 is 5.93. The molecule has 1 aromatic heterocycles. The first-order valence-electron chi connectivity index (χ1n) is 9.75. The molecular weight excluding hydrogens is 463 g/mol. The van der Waals surface area contributed by atoms with Gasteiger partial charge in [0.15, 0.2) is 0 Å². The van der Waals surface area contributed by atoms with Crippen LogP contribution in [0.25, 0.3) is 10.9 Å². The highest BCUT2D eigenvalue weighted by Crippen LogP contribution is 2.44. The maximum absolute atomic E-state index is 14.2. The minimum absolute atomic E-state index is 0.0272. The van der Waals surface area contributed by atoms with Crippen molar-refractivity contribution in [3.8, 4) is 5.75 Å². The topological polar surface area (TPSA) is 67.2 Å². The van der Waals surface area contributed by atoms with E-state index in [1.54, 1.807) is 19.0 Å². The Kier molecular flexibility index (Phi) is 7.35. The Labute approximate surface area is 193 Å². The van der Waals surface area contributed by atoms with Gasteiger partial charge >= 0.3 is 6.18 Å². The number of hydroxylamine groups is 2. The van der Waals surface area contributed by atoms with Gasteiger partial charge in [0.2, 0.25) is 0 Å². The van der Waals surface area contributed by atoms with Gasteiger partial charge in [-0.1, -0.05) is 16.8 Å². The largest absolute Gasteiger partial charge is 0.496 e. The van der Waals surface area contributed by atoms with Gasteiger partial charge in [0.25, 0.3) is 5.91 Å². The van der Waals surface area contributed by atoms with Crippen molar-refractivity contribution in [3.63, 3.8) is 0 Å². The maximum Gasteiger partial charge on any atom is 0.420 e. The van der Waals surface area contributed by atoms with Crippen LogP contribution in [0, 0.1) is 0 Å². The van der Waals surface area contributed by atoms with E-state index in [9.17, 15) is 23.2 Å². The molecule has 0 aliphatic rings. The molecule has 3 rings (SSSR count). The number of aromatic nitrogens is 1. The number of hydrogen-bond acceptors (Lipinski definition) is 6. The standard InChI is InChI=1S/C22H23ClF3N3O4/c1-27(2)12-17-15(11-28(31)33-4)19-16(9-10-18(32-3)20(19)22(24,25)26)29(17)21(30)13-5-7-14(23)8-6-13/h5-10,31H,11-12H2,1-4H3. The second kappa shape index (κ2) is 9.70. The first-order valence-corrected chi connectivity index (χ1v) is 10.1. The number of carbonyl (C=O) groups excluding carboxylic acids is 1. The molecule has 0 unspecified atom stereocenters. The summed E-state index contributed by atoms with van der Waals surface area (Å²) in [6.07, 6.45) is -4.79. The molecule has 1 heterocycles. The highest BCUT2D eigenvalue weighted by molar-refractivity contribution is 6.30. The molecule has 33 heavy (non-hydrogen) atoms. The first-order chi connectivity index (χ1) is 15.5. The molecule has 0 spiro atoms. The second-order valence-corrected chi connectivity index (χ2v) is 7.97. The smallest absolute Gasteiger partial charge is 0.420 e. The Bertz CT molecular complexity index is 1160. The molecule has 0 saturated carbocycles. The molecule has 2 aromatic carbocycles. The molecule has 0 radical (unpaired) electrons. The summed E-state index contributed by atoms with van der Waals surface area (Å²) in [6.45, 7) is -0.312. The predicted molar refractivity (Wildman–Crippen MR) is 116 cm³/mol. The minimum Gasteiger partial charge on any atom is -0.496 e. The van der Waals surface area contributed by atoms with Gasteiger partial charge < -0.3 is 9.64 Å². The number of carbonyl (C=O) groups is 1. The second-order valence-electron chi connectivity index (χ2n) is 7.54. The lowest BCUT2D eigenvalue weighted by Crippen LogP contribution is -2.23. The van der Waals surface area contributed by atoms with Crippen LogP contribution in [0.5, 0.6) is 5.75 Å². The van der Waals surface area contributed by atoms with Gasteiger partial charge in [0.05, 0.1) is 26.3 Å². The monoisotopic (exact) mass is 485 g/mol. The number of nitrogens with zero attached hydrogens (tertiary/aromatic N) is 3. The van der Waals surface area contributed by atoms with Gasteiger partial charge in [-0.05, 0) is 50.5 Å². The molecule has 0 bridgehead atoms. The van der Waals surface area contributed by atoms with E-state index in [4.69, 9.17) is 21.2 Å². The van der Waals surface area contributed by atoms with Crippen LogP contribution in [0.1, 0.15) is 27.2 Å². The molecule has 7 nitrogen and oxygen atoms in total. The number of ether oxygens (including phenoxy) is 1. The number of methoxy groups -OCH3 is 1. The van der Waals surface area contributed by atoms with Crippen molar-refractivity contribution in [3.05, 3.63) is 63.8 Å². The fourth-order valence-electron chi connectivity index (χ4n) is 3.73. The van der Waals surface area contributed by atoms with Crippen LogP contribution in [0.2, 0.25) is 5.02 Å². The molecule has 0 atom stereocenters. The summed E-state index contributed by atoms with van der Waals surface area (Å²) in [4.78, 5) is 20.0. The fraction of sp³-hybridized carbons (Fsp3) is 0.318. The minimum atomic E-state index is -4.79. The van der Waals surface area contributed by atoms with Gasteiger partial charge in [-0.2, -0.15) is 13.2 Å². The van der Waals surface area contributed by atoms with Crippen LogP contribution in [-0.4, -0.2) is 54.1 Å². The third kappa shape index (κ3) is 4.99. The average molecular weight is 486 g/mol. The quantitative estimate of drug-likeness (QED) is 0.484. The molecule has 178 valence electrons. The van der Waals surface area contributed by atoms with Crippen molar-refractivity contribution >= 4 is 28.4 Å². The normalized spacial score (nSPS) is 12.2. The van der Waals surface area contributed by atoms with Gasteiger partial charge in [-0.3, -0.25) is 19.4 Å². The summed E-state index contributed by atoms with van der Waals surface area (Å²) in [5, 5.41) is 10.6. The van der Waals surface area contributed by atoms with Crippen LogP contribution in [0.3, 0.4) is 0 Å². The zero-order valence-electron chi connectivity index (χ0n) is 18.4. The van der Waals surface area contributed by atoms with Crippen molar-refractivity contribution in [1.82, 2.24) is 14.7 Å². The lowest BCUT2D eigenvalue weighted by atomic mass is 10.0. The first kappa shape index (κ1) is 25.0. The van der Waals surface area contributed by atoms with Crippen molar-refractivity contribution in [2.24, 2.45) is 0 Å². The van der Waals surface area contributed by atoms with Crippen LogP contribution in [-0.2, 0) is 24.1 Å². The van der Waals surface area contributed by atoms with E-state index in [1.165, 1.54) is 48.1 Å². The number of hydrogen-bond donors (Lipinski definition) is 1. The number of alkyl halides is 3. The summed E-state index contributed by atoms with van der Waals surface area (Å²) in [5.74, 6) is -0.939. The summed E-state index contributed by atoms with van der Waals surface area (Å²) < 4.78 is 48.9. The number of halogens is 4. The summed E-state index contributed by atoms with van der Waals surface area (Å²) in [7, 11) is 5.75. The maximum atomic E-state index is 14.2. The Morgan fingerprint density at radius 3 is 2.24 bits per heavy atom. The van der Waals surface area contributed by atoms with Gasteiger partial charge in [0, 0.05) is 33.8 Å². The van der Waals surface area contributed by atoms with E-state index in [1.807, 2.05) is 0 Å². The van der Waals surface area contributed by atoms with Crippen LogP contribution >= 0.6 is 11.6 Å². The van der Waals surface area contributed by atoms with Crippen molar-refractivity contribution in [2.75, 3.05) is 28.3 Å². The number of benzene rings is 2. The third-order valence-corrected chi connectivity index (χ3v) is 5.33. The SMILES string of the molecule is COc1ccc2c(c(CN(O)OC)c(CN(C)C)n2C(=O)c2ccc(Cl)cc2)c1C(F)(F)F. The van der Waals surface area contributed by atoms with E-state index in [-0.39, 0.29) is 34.3 Å². The number of rotatable bonds is 7. The fourth-order valence-corrected chi connectivity index (χ4v) is 3.86. The highest BCUT2D eigenvalue weighted by Gasteiger charge is 2.40. The molecule has 0 fully saturated rings. The summed E-state index contributed by atoms with van der Waals surface area (Å²) in [6, 6.07) is 8.62. The summed E-state index contributed by atoms with van der Waals surface area (Å²) in [5.41, 5.74) is -0.426. The molecule has 0 saturated heterocycles. The Morgan fingerprint density at radius 1 is 1.09 bits per heavy atom. The zero-order chi connectivity index (χ0) is 24.5. The Morgan fingerprint density at radius 2 is 1.73 bits per heavy atom. The lowest BCUT2D eigenvalue weighted by molar-refractivity contribution is -0.333. The Hall–Kier alpha value is -2.63. The Balaban J connectivity index is 2.46. The van der Waals surface area contributed by atoms with Crippen molar-refractivity contribution < 1.29 is 32.7 Å².